The van der Waals surface area contributed by atoms with Crippen molar-refractivity contribution in [3.8, 4) is 0 Å². The number of benzene rings is 2. The van der Waals surface area contributed by atoms with E-state index in [1.54, 1.807) is 36.4 Å². The smallest absolute Gasteiger partial charge is 0.339 e. The highest BCUT2D eigenvalue weighted by molar-refractivity contribution is 9.10. The average molecular weight is 333 g/mol. The SMILES string of the molecule is Cc1ccc(C(=O)COC(=O)c2ccccc2Br)cc1. The van der Waals surface area contributed by atoms with Gasteiger partial charge in [0.15, 0.2) is 12.4 Å². The number of halogens is 1. The molecule has 3 nitrogen and oxygen atoms in total. The number of carbonyl (C=O) groups excluding carboxylic acids is 2. The molecule has 0 N–H and O–H groups in total. The van der Waals surface area contributed by atoms with Crippen LogP contribution in [-0.2, 0) is 4.74 Å². The molecule has 0 unspecified atom stereocenters. The second kappa shape index (κ2) is 6.48. The quantitative estimate of drug-likeness (QED) is 0.631. The first-order valence-electron chi connectivity index (χ1n) is 6.09. The standard InChI is InChI=1S/C16H13BrO3/c1-11-6-8-12(9-7-11)15(18)10-20-16(19)13-4-2-3-5-14(13)17/h2-9H,10H2,1H3. The number of Topliss-reactive ketones (excluding diaryl/α,β-unsaturated/α-hetero) is 1. The van der Waals surface area contributed by atoms with Crippen LogP contribution in [0.5, 0.6) is 0 Å². The summed E-state index contributed by atoms with van der Waals surface area (Å²) < 4.78 is 5.68. The molecule has 0 fully saturated rings. The van der Waals surface area contributed by atoms with Crippen molar-refractivity contribution in [1.29, 1.82) is 0 Å². The number of aryl methyl sites for hydroxylation is 1. The summed E-state index contributed by atoms with van der Waals surface area (Å²) in [7, 11) is 0. The third kappa shape index (κ3) is 3.54. The largest absolute Gasteiger partial charge is 0.454 e. The van der Waals surface area contributed by atoms with Crippen molar-refractivity contribution in [1.82, 2.24) is 0 Å². The zero-order chi connectivity index (χ0) is 14.5. The Labute approximate surface area is 125 Å². The molecule has 0 spiro atoms. The fourth-order valence-electron chi connectivity index (χ4n) is 1.66. The van der Waals surface area contributed by atoms with Crippen molar-refractivity contribution in [2.24, 2.45) is 0 Å². The lowest BCUT2D eigenvalue weighted by Gasteiger charge is -2.06. The van der Waals surface area contributed by atoms with Crippen molar-refractivity contribution >= 4 is 27.7 Å². The Balaban J connectivity index is 1.99. The fraction of sp³-hybridized carbons (Fsp3) is 0.125. The van der Waals surface area contributed by atoms with E-state index >= 15 is 0 Å². The van der Waals surface area contributed by atoms with Gasteiger partial charge in [-0.1, -0.05) is 42.0 Å². The summed E-state index contributed by atoms with van der Waals surface area (Å²) in [5.41, 5.74) is 2.02. The molecule has 0 heterocycles. The molecule has 0 saturated heterocycles. The molecule has 20 heavy (non-hydrogen) atoms. The van der Waals surface area contributed by atoms with Gasteiger partial charge in [-0.3, -0.25) is 4.79 Å². The molecule has 0 amide bonds. The minimum Gasteiger partial charge on any atom is -0.454 e. The van der Waals surface area contributed by atoms with Crippen LogP contribution in [-0.4, -0.2) is 18.4 Å². The number of ether oxygens (including phenoxy) is 1. The first kappa shape index (κ1) is 14.5. The molecule has 2 aromatic rings. The van der Waals surface area contributed by atoms with Gasteiger partial charge in [-0.2, -0.15) is 0 Å². The zero-order valence-electron chi connectivity index (χ0n) is 10.9. The van der Waals surface area contributed by atoms with Crippen LogP contribution in [0.1, 0.15) is 26.3 Å². The molecule has 2 aromatic carbocycles. The third-order valence-electron chi connectivity index (χ3n) is 2.80. The topological polar surface area (TPSA) is 43.4 Å². The van der Waals surface area contributed by atoms with Crippen LogP contribution in [0, 0.1) is 6.92 Å². The maximum atomic E-state index is 11.9. The highest BCUT2D eigenvalue weighted by Gasteiger charge is 2.13. The van der Waals surface area contributed by atoms with Crippen molar-refractivity contribution in [2.75, 3.05) is 6.61 Å². The van der Waals surface area contributed by atoms with Gasteiger partial charge < -0.3 is 4.74 Å². The molecule has 2 rings (SSSR count). The summed E-state index contributed by atoms with van der Waals surface area (Å²) in [6.45, 7) is 1.68. The van der Waals surface area contributed by atoms with Gasteiger partial charge in [-0.25, -0.2) is 4.79 Å². The maximum Gasteiger partial charge on any atom is 0.339 e. The molecule has 0 saturated carbocycles. The highest BCUT2D eigenvalue weighted by Crippen LogP contribution is 2.16. The van der Waals surface area contributed by atoms with E-state index in [2.05, 4.69) is 15.9 Å². The number of rotatable bonds is 4. The van der Waals surface area contributed by atoms with Gasteiger partial charge in [0.1, 0.15) is 0 Å². The van der Waals surface area contributed by atoms with E-state index in [0.29, 0.717) is 15.6 Å². The van der Waals surface area contributed by atoms with Crippen molar-refractivity contribution in [2.45, 2.75) is 6.92 Å². The lowest BCUT2D eigenvalue weighted by Crippen LogP contribution is -2.14. The van der Waals surface area contributed by atoms with Gasteiger partial charge in [-0.15, -0.1) is 0 Å². The molecule has 0 aliphatic carbocycles. The van der Waals surface area contributed by atoms with E-state index in [4.69, 9.17) is 4.74 Å². The highest BCUT2D eigenvalue weighted by atomic mass is 79.9. The summed E-state index contributed by atoms with van der Waals surface area (Å²) in [4.78, 5) is 23.7. The predicted molar refractivity (Wildman–Crippen MR) is 79.9 cm³/mol. The molecule has 0 radical (unpaired) electrons. The monoisotopic (exact) mass is 332 g/mol. The summed E-state index contributed by atoms with van der Waals surface area (Å²) >= 11 is 3.27. The Morgan fingerprint density at radius 2 is 1.70 bits per heavy atom. The minimum atomic E-state index is -0.516. The van der Waals surface area contributed by atoms with Crippen LogP contribution in [0.2, 0.25) is 0 Å². The van der Waals surface area contributed by atoms with Gasteiger partial charge in [0.25, 0.3) is 0 Å². The molecule has 0 atom stereocenters. The number of carbonyl (C=O) groups is 2. The summed E-state index contributed by atoms with van der Waals surface area (Å²) in [5.74, 6) is -0.733. The van der Waals surface area contributed by atoms with Gasteiger partial charge in [-0.05, 0) is 35.0 Å². The Hall–Kier alpha value is -1.94. The van der Waals surface area contributed by atoms with Gasteiger partial charge in [0, 0.05) is 10.0 Å². The van der Waals surface area contributed by atoms with Crippen molar-refractivity contribution in [3.63, 3.8) is 0 Å². The number of ketones is 1. The molecule has 0 aliphatic rings. The van der Waals surface area contributed by atoms with Crippen LogP contribution >= 0.6 is 15.9 Å². The number of hydrogen-bond acceptors (Lipinski definition) is 3. The number of hydrogen-bond donors (Lipinski definition) is 0. The maximum absolute atomic E-state index is 11.9. The minimum absolute atomic E-state index is 0.217. The van der Waals surface area contributed by atoms with E-state index in [1.165, 1.54) is 0 Å². The van der Waals surface area contributed by atoms with Crippen molar-refractivity contribution in [3.05, 3.63) is 69.7 Å². The normalized spacial score (nSPS) is 10.1. The Morgan fingerprint density at radius 3 is 2.35 bits per heavy atom. The first-order valence-corrected chi connectivity index (χ1v) is 6.89. The van der Waals surface area contributed by atoms with E-state index in [1.807, 2.05) is 19.1 Å². The fourth-order valence-corrected chi connectivity index (χ4v) is 2.11. The Morgan fingerprint density at radius 1 is 1.05 bits per heavy atom. The van der Waals surface area contributed by atoms with E-state index < -0.39 is 5.97 Å². The Bertz CT molecular complexity index is 632. The van der Waals surface area contributed by atoms with Crippen LogP contribution in [0.3, 0.4) is 0 Å². The molecular weight excluding hydrogens is 320 g/mol. The summed E-state index contributed by atoms with van der Waals surface area (Å²) in [6, 6.07) is 14.1. The summed E-state index contributed by atoms with van der Waals surface area (Å²) in [5, 5.41) is 0. The second-order valence-electron chi connectivity index (χ2n) is 4.35. The first-order chi connectivity index (χ1) is 9.58. The molecule has 0 aromatic heterocycles. The zero-order valence-corrected chi connectivity index (χ0v) is 12.5. The molecule has 4 heteroatoms. The second-order valence-corrected chi connectivity index (χ2v) is 5.20. The molecule has 0 bridgehead atoms. The van der Waals surface area contributed by atoms with E-state index in [9.17, 15) is 9.59 Å². The summed E-state index contributed by atoms with van der Waals surface area (Å²) in [6.07, 6.45) is 0. The van der Waals surface area contributed by atoms with Crippen LogP contribution in [0.25, 0.3) is 0 Å². The lowest BCUT2D eigenvalue weighted by atomic mass is 10.1. The van der Waals surface area contributed by atoms with E-state index in [0.717, 1.165) is 5.56 Å². The van der Waals surface area contributed by atoms with Gasteiger partial charge >= 0.3 is 5.97 Å². The predicted octanol–water partition coefficient (Wildman–Crippen LogP) is 3.80. The molecule has 102 valence electrons. The van der Waals surface area contributed by atoms with Crippen LogP contribution < -0.4 is 0 Å². The van der Waals surface area contributed by atoms with Gasteiger partial charge in [0.05, 0.1) is 5.56 Å². The van der Waals surface area contributed by atoms with Gasteiger partial charge in [0.2, 0.25) is 0 Å². The number of esters is 1. The molecule has 0 aliphatic heterocycles. The third-order valence-corrected chi connectivity index (χ3v) is 3.49. The van der Waals surface area contributed by atoms with E-state index in [-0.39, 0.29) is 12.4 Å². The lowest BCUT2D eigenvalue weighted by molar-refractivity contribution is 0.0474. The van der Waals surface area contributed by atoms with Crippen molar-refractivity contribution < 1.29 is 14.3 Å². The average Bonchev–Trinajstić information content (AvgIpc) is 2.45. The molecular formula is C16H13BrO3. The van der Waals surface area contributed by atoms with Crippen LogP contribution in [0.4, 0.5) is 0 Å². The van der Waals surface area contributed by atoms with Crippen LogP contribution in [0.15, 0.2) is 53.0 Å². The Kier molecular flexibility index (Phi) is 4.69.